The lowest BCUT2D eigenvalue weighted by molar-refractivity contribution is 0.0730. The fraction of sp³-hybridized carbons (Fsp3) is 0.346. The lowest BCUT2D eigenvalue weighted by atomic mass is 10.0. The third-order valence-corrected chi connectivity index (χ3v) is 6.40. The number of aromatic nitrogens is 2. The van der Waals surface area contributed by atoms with E-state index in [-0.39, 0.29) is 5.91 Å². The molecule has 0 unspecified atom stereocenters. The molecular formula is C26H28N4O3. The van der Waals surface area contributed by atoms with Gasteiger partial charge in [0.15, 0.2) is 5.82 Å². The van der Waals surface area contributed by atoms with Crippen LogP contribution in [0.15, 0.2) is 48.5 Å². The maximum Gasteiger partial charge on any atom is 0.257 e. The van der Waals surface area contributed by atoms with Gasteiger partial charge in [-0.15, -0.1) is 0 Å². The van der Waals surface area contributed by atoms with Gasteiger partial charge >= 0.3 is 0 Å². The second-order valence-corrected chi connectivity index (χ2v) is 8.40. The topological polar surface area (TPSA) is 67.8 Å². The van der Waals surface area contributed by atoms with Crippen LogP contribution in [0.25, 0.3) is 11.4 Å². The fourth-order valence-corrected chi connectivity index (χ4v) is 4.62. The van der Waals surface area contributed by atoms with Gasteiger partial charge in [-0.05, 0) is 25.0 Å². The molecule has 33 heavy (non-hydrogen) atoms. The predicted octanol–water partition coefficient (Wildman–Crippen LogP) is 3.96. The Labute approximate surface area is 194 Å². The maximum atomic E-state index is 13.5. The molecule has 0 spiro atoms. The summed E-state index contributed by atoms with van der Waals surface area (Å²) in [4.78, 5) is 27.6. The summed E-state index contributed by atoms with van der Waals surface area (Å²) in [5.74, 6) is 2.84. The molecule has 2 aromatic carbocycles. The minimum atomic E-state index is -0.0559. The first-order chi connectivity index (χ1) is 16.2. The van der Waals surface area contributed by atoms with E-state index >= 15 is 0 Å². The third-order valence-electron chi connectivity index (χ3n) is 6.40. The van der Waals surface area contributed by atoms with E-state index in [1.165, 1.54) is 0 Å². The van der Waals surface area contributed by atoms with Crippen molar-refractivity contribution < 1.29 is 14.3 Å². The molecule has 170 valence electrons. The lowest BCUT2D eigenvalue weighted by Gasteiger charge is -2.32. The summed E-state index contributed by atoms with van der Waals surface area (Å²) < 4.78 is 10.8. The van der Waals surface area contributed by atoms with Crippen molar-refractivity contribution >= 4 is 11.7 Å². The Balaban J connectivity index is 1.50. The molecular weight excluding hydrogens is 416 g/mol. The highest BCUT2D eigenvalue weighted by Crippen LogP contribution is 2.33. The summed E-state index contributed by atoms with van der Waals surface area (Å²) in [6.07, 6.45) is 3.01. The molecule has 1 fully saturated rings. The number of methoxy groups -OCH3 is 2. The molecule has 1 saturated heterocycles. The van der Waals surface area contributed by atoms with Crippen molar-refractivity contribution in [3.63, 3.8) is 0 Å². The van der Waals surface area contributed by atoms with E-state index in [1.807, 2.05) is 35.2 Å². The molecule has 0 N–H and O–H groups in total. The van der Waals surface area contributed by atoms with Crippen LogP contribution >= 0.6 is 0 Å². The first kappa shape index (κ1) is 21.2. The molecule has 0 saturated carbocycles. The molecule has 3 aromatic rings. The summed E-state index contributed by atoms with van der Waals surface area (Å²) in [6, 6.07) is 15.4. The van der Waals surface area contributed by atoms with Gasteiger partial charge in [-0.1, -0.05) is 30.3 Å². The Morgan fingerprint density at radius 2 is 1.73 bits per heavy atom. The molecule has 7 nitrogen and oxygen atoms in total. The van der Waals surface area contributed by atoms with Crippen molar-refractivity contribution in [3.8, 4) is 22.9 Å². The number of hydrogen-bond donors (Lipinski definition) is 0. The number of rotatable bonds is 5. The summed E-state index contributed by atoms with van der Waals surface area (Å²) >= 11 is 0. The Bertz CT molecular complexity index is 1160. The number of amides is 1. The van der Waals surface area contributed by atoms with E-state index in [4.69, 9.17) is 19.4 Å². The number of anilines is 1. The zero-order valence-electron chi connectivity index (χ0n) is 19.1. The van der Waals surface area contributed by atoms with Crippen LogP contribution in [0.5, 0.6) is 11.5 Å². The molecule has 1 aromatic heterocycles. The highest BCUT2D eigenvalue weighted by Gasteiger charge is 2.30. The Morgan fingerprint density at radius 1 is 0.939 bits per heavy atom. The standard InChI is InChI=1S/C26H28N4O3/c1-32-19-10-11-20(23(16-19)33-2)26(31)30-15-12-22-21(17-30)25(29-13-6-7-14-29)28-24(27-22)18-8-4-3-5-9-18/h3-5,8-11,16H,6-7,12-15,17H2,1-2H3. The van der Waals surface area contributed by atoms with Crippen molar-refractivity contribution in [2.75, 3.05) is 38.8 Å². The Kier molecular flexibility index (Phi) is 5.86. The SMILES string of the molecule is COc1ccc(C(=O)N2CCc3nc(-c4ccccc4)nc(N4CCCC4)c3C2)c(OC)c1. The monoisotopic (exact) mass is 444 g/mol. The molecule has 0 aliphatic carbocycles. The largest absolute Gasteiger partial charge is 0.497 e. The number of ether oxygens (including phenoxy) is 2. The van der Waals surface area contributed by atoms with E-state index in [1.54, 1.807) is 32.4 Å². The average molecular weight is 445 g/mol. The van der Waals surface area contributed by atoms with Crippen molar-refractivity contribution in [1.29, 1.82) is 0 Å². The normalized spacial score (nSPS) is 15.3. The second-order valence-electron chi connectivity index (χ2n) is 8.40. The quantitative estimate of drug-likeness (QED) is 0.593. The molecule has 3 heterocycles. The number of benzene rings is 2. The van der Waals surface area contributed by atoms with Gasteiger partial charge in [-0.3, -0.25) is 4.79 Å². The Hall–Kier alpha value is -3.61. The lowest BCUT2D eigenvalue weighted by Crippen LogP contribution is -2.38. The van der Waals surface area contributed by atoms with Crippen LogP contribution in [-0.4, -0.2) is 54.6 Å². The van der Waals surface area contributed by atoms with Gasteiger partial charge in [0.05, 0.1) is 32.0 Å². The number of carbonyl (C=O) groups is 1. The van der Waals surface area contributed by atoms with E-state index in [0.29, 0.717) is 36.6 Å². The molecule has 0 bridgehead atoms. The molecule has 0 radical (unpaired) electrons. The van der Waals surface area contributed by atoms with Gasteiger partial charge in [0.25, 0.3) is 5.91 Å². The van der Waals surface area contributed by atoms with Crippen LogP contribution in [0.2, 0.25) is 0 Å². The first-order valence-electron chi connectivity index (χ1n) is 11.4. The van der Waals surface area contributed by atoms with Crippen LogP contribution in [0.3, 0.4) is 0 Å². The van der Waals surface area contributed by atoms with Crippen LogP contribution in [0.1, 0.15) is 34.5 Å². The van der Waals surface area contributed by atoms with Gasteiger partial charge < -0.3 is 19.3 Å². The van der Waals surface area contributed by atoms with Crippen molar-refractivity contribution in [2.45, 2.75) is 25.8 Å². The number of carbonyl (C=O) groups excluding carboxylic acids is 1. The predicted molar refractivity (Wildman–Crippen MR) is 127 cm³/mol. The smallest absolute Gasteiger partial charge is 0.257 e. The first-order valence-corrected chi connectivity index (χ1v) is 11.4. The van der Waals surface area contributed by atoms with Crippen molar-refractivity contribution in [1.82, 2.24) is 14.9 Å². The number of fused-ring (bicyclic) bond motifs is 1. The van der Waals surface area contributed by atoms with Crippen molar-refractivity contribution in [3.05, 3.63) is 65.4 Å². The molecule has 2 aliphatic rings. The minimum absolute atomic E-state index is 0.0559. The Morgan fingerprint density at radius 3 is 2.45 bits per heavy atom. The maximum absolute atomic E-state index is 13.5. The number of nitrogens with zero attached hydrogens (tertiary/aromatic N) is 4. The van der Waals surface area contributed by atoms with E-state index in [2.05, 4.69) is 4.90 Å². The van der Waals surface area contributed by atoms with Gasteiger partial charge in [0.1, 0.15) is 17.3 Å². The van der Waals surface area contributed by atoms with Crippen molar-refractivity contribution in [2.24, 2.45) is 0 Å². The van der Waals surface area contributed by atoms with Gasteiger partial charge in [-0.25, -0.2) is 9.97 Å². The molecule has 7 heteroatoms. The minimum Gasteiger partial charge on any atom is -0.497 e. The zero-order chi connectivity index (χ0) is 22.8. The summed E-state index contributed by atoms with van der Waals surface area (Å²) in [5.41, 5.74) is 3.65. The zero-order valence-corrected chi connectivity index (χ0v) is 19.1. The molecule has 2 aliphatic heterocycles. The average Bonchev–Trinajstić information content (AvgIpc) is 3.42. The second kappa shape index (κ2) is 9.10. The van der Waals surface area contributed by atoms with E-state index in [9.17, 15) is 4.79 Å². The van der Waals surface area contributed by atoms with Crippen LogP contribution in [0, 0.1) is 0 Å². The van der Waals surface area contributed by atoms with Crippen LogP contribution in [0.4, 0.5) is 5.82 Å². The van der Waals surface area contributed by atoms with Gasteiger partial charge in [0.2, 0.25) is 0 Å². The van der Waals surface area contributed by atoms with Gasteiger partial charge in [-0.2, -0.15) is 0 Å². The third kappa shape index (κ3) is 4.11. The summed E-state index contributed by atoms with van der Waals surface area (Å²) in [5, 5.41) is 0. The van der Waals surface area contributed by atoms with Crippen LogP contribution < -0.4 is 14.4 Å². The van der Waals surface area contributed by atoms with Crippen LogP contribution in [-0.2, 0) is 13.0 Å². The summed E-state index contributed by atoms with van der Waals surface area (Å²) in [6.45, 7) is 3.06. The highest BCUT2D eigenvalue weighted by atomic mass is 16.5. The molecule has 0 atom stereocenters. The highest BCUT2D eigenvalue weighted by molar-refractivity contribution is 5.97. The van der Waals surface area contributed by atoms with E-state index in [0.717, 1.165) is 54.4 Å². The molecule has 5 rings (SSSR count). The molecule has 1 amide bonds. The van der Waals surface area contributed by atoms with E-state index < -0.39 is 0 Å². The number of hydrogen-bond acceptors (Lipinski definition) is 6. The fourth-order valence-electron chi connectivity index (χ4n) is 4.62. The summed E-state index contributed by atoms with van der Waals surface area (Å²) in [7, 11) is 3.17. The van der Waals surface area contributed by atoms with Gasteiger partial charge in [0, 0.05) is 43.2 Å².